The highest BCUT2D eigenvalue weighted by molar-refractivity contribution is 5.49. The molecule has 4 heteroatoms. The number of hydrogen-bond acceptors (Lipinski definition) is 4. The molecule has 0 aliphatic rings. The van der Waals surface area contributed by atoms with Gasteiger partial charge in [0.15, 0.2) is 0 Å². The summed E-state index contributed by atoms with van der Waals surface area (Å²) in [6.45, 7) is 6.30. The summed E-state index contributed by atoms with van der Waals surface area (Å²) in [5, 5.41) is 3.31. The van der Waals surface area contributed by atoms with Gasteiger partial charge in [-0.15, -0.1) is 0 Å². The minimum Gasteiger partial charge on any atom is -0.384 e. The lowest BCUT2D eigenvalue weighted by molar-refractivity contribution is 0.284. The van der Waals surface area contributed by atoms with E-state index in [4.69, 9.17) is 5.73 Å². The van der Waals surface area contributed by atoms with Crippen LogP contribution in [0, 0.1) is 0 Å². The van der Waals surface area contributed by atoms with Crippen LogP contribution < -0.4 is 11.1 Å². The van der Waals surface area contributed by atoms with Gasteiger partial charge in [-0.3, -0.25) is 0 Å². The van der Waals surface area contributed by atoms with Gasteiger partial charge in [0.1, 0.15) is 5.82 Å². The number of hydrogen-bond donors (Lipinski definition) is 2. The molecule has 0 saturated heterocycles. The van der Waals surface area contributed by atoms with Crippen molar-refractivity contribution >= 4 is 11.5 Å². The van der Waals surface area contributed by atoms with E-state index in [-0.39, 0.29) is 0 Å². The fraction of sp³-hybridized carbons (Fsp3) is 0.545. The molecule has 1 rings (SSSR count). The first-order valence-corrected chi connectivity index (χ1v) is 5.25. The number of aromatic nitrogens is 1. The third kappa shape index (κ3) is 4.16. The third-order valence-corrected chi connectivity index (χ3v) is 2.46. The molecule has 0 spiro atoms. The molecule has 15 heavy (non-hydrogen) atoms. The van der Waals surface area contributed by atoms with Gasteiger partial charge < -0.3 is 16.0 Å². The maximum absolute atomic E-state index is 5.58. The van der Waals surface area contributed by atoms with Crippen LogP contribution >= 0.6 is 0 Å². The van der Waals surface area contributed by atoms with E-state index in [0.29, 0.717) is 11.9 Å². The topological polar surface area (TPSA) is 54.2 Å². The largest absolute Gasteiger partial charge is 0.384 e. The first kappa shape index (κ1) is 11.8. The van der Waals surface area contributed by atoms with Crippen LogP contribution in [-0.2, 0) is 0 Å². The van der Waals surface area contributed by atoms with Crippen molar-refractivity contribution in [2.45, 2.75) is 19.9 Å². The molecule has 0 unspecified atom stereocenters. The Balaban J connectivity index is 2.32. The molecule has 1 heterocycles. The number of nitrogen functional groups attached to an aromatic ring is 1. The fourth-order valence-corrected chi connectivity index (χ4v) is 1.19. The number of rotatable bonds is 5. The molecule has 0 bridgehead atoms. The van der Waals surface area contributed by atoms with Crippen molar-refractivity contribution in [1.82, 2.24) is 9.88 Å². The molecular weight excluding hydrogens is 188 g/mol. The summed E-state index contributed by atoms with van der Waals surface area (Å²) < 4.78 is 0. The number of nitrogens with zero attached hydrogens (tertiary/aromatic N) is 2. The summed E-state index contributed by atoms with van der Waals surface area (Å²) in [5.74, 6) is 0.553. The highest BCUT2D eigenvalue weighted by Crippen LogP contribution is 2.08. The van der Waals surface area contributed by atoms with Gasteiger partial charge in [0.25, 0.3) is 0 Å². The molecule has 1 aromatic heterocycles. The number of anilines is 2. The zero-order valence-electron chi connectivity index (χ0n) is 9.70. The maximum Gasteiger partial charge on any atom is 0.125 e. The molecule has 84 valence electrons. The molecule has 0 aromatic carbocycles. The quantitative estimate of drug-likeness (QED) is 0.768. The summed E-state index contributed by atoms with van der Waals surface area (Å²) in [5.41, 5.74) is 6.60. The lowest BCUT2D eigenvalue weighted by atomic mass is 10.3. The minimum absolute atomic E-state index is 0.553. The zero-order valence-corrected chi connectivity index (χ0v) is 9.70. The van der Waals surface area contributed by atoms with Crippen molar-refractivity contribution in [3.63, 3.8) is 0 Å². The van der Waals surface area contributed by atoms with Crippen molar-refractivity contribution in [2.24, 2.45) is 0 Å². The van der Waals surface area contributed by atoms with E-state index < -0.39 is 0 Å². The van der Waals surface area contributed by atoms with Crippen LogP contribution in [0.2, 0.25) is 0 Å². The van der Waals surface area contributed by atoms with Crippen LogP contribution in [-0.4, -0.2) is 36.1 Å². The Kier molecular flexibility index (Phi) is 4.37. The van der Waals surface area contributed by atoms with E-state index in [2.05, 4.69) is 36.1 Å². The molecule has 0 aliphatic carbocycles. The average Bonchev–Trinajstić information content (AvgIpc) is 2.17. The van der Waals surface area contributed by atoms with E-state index in [1.165, 1.54) is 0 Å². The average molecular weight is 208 g/mol. The molecule has 0 atom stereocenters. The van der Waals surface area contributed by atoms with Gasteiger partial charge in [-0.25, -0.2) is 4.98 Å². The van der Waals surface area contributed by atoms with E-state index in [1.807, 2.05) is 12.1 Å². The first-order chi connectivity index (χ1) is 7.09. The number of pyridine rings is 1. The Morgan fingerprint density at radius 3 is 2.87 bits per heavy atom. The van der Waals surface area contributed by atoms with Crippen molar-refractivity contribution in [3.05, 3.63) is 18.3 Å². The first-order valence-electron chi connectivity index (χ1n) is 5.25. The lowest BCUT2D eigenvalue weighted by Gasteiger charge is -2.21. The van der Waals surface area contributed by atoms with Gasteiger partial charge in [-0.05, 0) is 27.0 Å². The Morgan fingerprint density at radius 1 is 1.53 bits per heavy atom. The second kappa shape index (κ2) is 5.56. The molecule has 0 aliphatic heterocycles. The molecule has 4 nitrogen and oxygen atoms in total. The molecule has 3 N–H and O–H groups in total. The highest BCUT2D eigenvalue weighted by atomic mass is 15.1. The van der Waals surface area contributed by atoms with Crippen LogP contribution in [0.1, 0.15) is 13.8 Å². The van der Waals surface area contributed by atoms with E-state index >= 15 is 0 Å². The normalized spacial score (nSPS) is 11.0. The van der Waals surface area contributed by atoms with E-state index in [1.54, 1.807) is 6.20 Å². The van der Waals surface area contributed by atoms with Gasteiger partial charge in [0.05, 0.1) is 0 Å². The third-order valence-electron chi connectivity index (χ3n) is 2.46. The second-order valence-electron chi connectivity index (χ2n) is 3.97. The van der Waals surface area contributed by atoms with Crippen molar-refractivity contribution in [2.75, 3.05) is 31.2 Å². The van der Waals surface area contributed by atoms with Crippen molar-refractivity contribution in [1.29, 1.82) is 0 Å². The molecule has 0 saturated carbocycles. The van der Waals surface area contributed by atoms with Crippen LogP contribution in [0.5, 0.6) is 0 Å². The minimum atomic E-state index is 0.553. The van der Waals surface area contributed by atoms with Gasteiger partial charge >= 0.3 is 0 Å². The predicted octanol–water partition coefficient (Wildman–Crippen LogP) is 1.42. The summed E-state index contributed by atoms with van der Waals surface area (Å²) in [7, 11) is 2.12. The maximum atomic E-state index is 5.58. The number of nitrogens with one attached hydrogen (secondary N) is 1. The SMILES string of the molecule is CC(C)N(C)CCNc1ccnc(N)c1. The van der Waals surface area contributed by atoms with Crippen LogP contribution in [0.25, 0.3) is 0 Å². The van der Waals surface area contributed by atoms with Gasteiger partial charge in [0, 0.05) is 37.1 Å². The molecular formula is C11H20N4. The van der Waals surface area contributed by atoms with Gasteiger partial charge in [0.2, 0.25) is 0 Å². The Morgan fingerprint density at radius 2 is 2.27 bits per heavy atom. The van der Waals surface area contributed by atoms with E-state index in [0.717, 1.165) is 18.8 Å². The zero-order chi connectivity index (χ0) is 11.3. The lowest BCUT2D eigenvalue weighted by Crippen LogP contribution is -2.31. The second-order valence-corrected chi connectivity index (χ2v) is 3.97. The summed E-state index contributed by atoms with van der Waals surface area (Å²) in [6, 6.07) is 4.34. The number of nitrogens with two attached hydrogens (primary N) is 1. The predicted molar refractivity (Wildman–Crippen MR) is 64.9 cm³/mol. The van der Waals surface area contributed by atoms with Crippen LogP contribution in [0.4, 0.5) is 11.5 Å². The summed E-state index contributed by atoms with van der Waals surface area (Å²) in [4.78, 5) is 6.23. The van der Waals surface area contributed by atoms with Crippen molar-refractivity contribution in [3.8, 4) is 0 Å². The van der Waals surface area contributed by atoms with Crippen molar-refractivity contribution < 1.29 is 0 Å². The summed E-state index contributed by atoms with van der Waals surface area (Å²) in [6.07, 6.45) is 1.71. The van der Waals surface area contributed by atoms with Crippen LogP contribution in [0.3, 0.4) is 0 Å². The van der Waals surface area contributed by atoms with Crippen LogP contribution in [0.15, 0.2) is 18.3 Å². The number of likely N-dealkylation sites (N-methyl/N-ethyl adjacent to an activating group) is 1. The Hall–Kier alpha value is -1.29. The molecule has 0 amide bonds. The highest BCUT2D eigenvalue weighted by Gasteiger charge is 2.01. The summed E-state index contributed by atoms with van der Waals surface area (Å²) >= 11 is 0. The van der Waals surface area contributed by atoms with Gasteiger partial charge in [-0.1, -0.05) is 0 Å². The molecule has 0 radical (unpaired) electrons. The van der Waals surface area contributed by atoms with E-state index in [9.17, 15) is 0 Å². The Bertz CT molecular complexity index is 298. The smallest absolute Gasteiger partial charge is 0.125 e. The Labute approximate surface area is 91.5 Å². The standard InChI is InChI=1S/C11H20N4/c1-9(2)15(3)7-6-13-10-4-5-14-11(12)8-10/h4-5,8-9H,6-7H2,1-3H3,(H3,12,13,14). The van der Waals surface area contributed by atoms with Gasteiger partial charge in [-0.2, -0.15) is 0 Å². The molecule has 0 fully saturated rings. The molecule has 1 aromatic rings. The fourth-order valence-electron chi connectivity index (χ4n) is 1.19. The monoisotopic (exact) mass is 208 g/mol.